The van der Waals surface area contributed by atoms with Gasteiger partial charge in [-0.05, 0) is 70.3 Å². The molecule has 2 aromatic rings. The van der Waals surface area contributed by atoms with Crippen LogP contribution in [0.1, 0.15) is 64.0 Å². The summed E-state index contributed by atoms with van der Waals surface area (Å²) in [6.07, 6.45) is 6.50. The zero-order chi connectivity index (χ0) is 25.7. The number of aromatic nitrogens is 2. The summed E-state index contributed by atoms with van der Waals surface area (Å²) < 4.78 is 19.4. The molecule has 0 spiro atoms. The number of rotatable bonds is 7. The second-order valence-electron chi connectivity index (χ2n) is 10.9. The zero-order valence-electron chi connectivity index (χ0n) is 21.2. The molecule has 8 nitrogen and oxygen atoms in total. The lowest BCUT2D eigenvalue weighted by Gasteiger charge is -2.46. The van der Waals surface area contributed by atoms with Gasteiger partial charge < -0.3 is 20.7 Å². The second kappa shape index (κ2) is 11.1. The average Bonchev–Trinajstić information content (AvgIpc) is 2.81. The number of halogens is 1. The summed E-state index contributed by atoms with van der Waals surface area (Å²) in [5.41, 5.74) is 0.370. The Morgan fingerprint density at radius 2 is 1.92 bits per heavy atom. The third-order valence-corrected chi connectivity index (χ3v) is 6.98. The molecule has 1 heterocycles. The molecule has 4 rings (SSSR count). The first-order valence-electron chi connectivity index (χ1n) is 12.7. The van der Waals surface area contributed by atoms with Crippen LogP contribution >= 0.6 is 0 Å². The first-order chi connectivity index (χ1) is 17.2. The summed E-state index contributed by atoms with van der Waals surface area (Å²) in [6.45, 7) is 6.55. The third-order valence-electron chi connectivity index (χ3n) is 6.98. The van der Waals surface area contributed by atoms with Crippen molar-refractivity contribution in [3.05, 3.63) is 47.4 Å². The lowest BCUT2D eigenvalue weighted by molar-refractivity contribution is 0.0324. The van der Waals surface area contributed by atoms with Crippen LogP contribution in [-0.4, -0.2) is 34.2 Å². The quantitative estimate of drug-likeness (QED) is 0.483. The first-order valence-corrected chi connectivity index (χ1v) is 12.7. The zero-order valence-corrected chi connectivity index (χ0v) is 21.2. The molecule has 9 heteroatoms. The van der Waals surface area contributed by atoms with E-state index in [2.05, 4.69) is 32.0 Å². The lowest BCUT2D eigenvalue weighted by atomic mass is 9.64. The molecule has 1 aromatic carbocycles. The van der Waals surface area contributed by atoms with E-state index in [1.165, 1.54) is 18.7 Å². The van der Waals surface area contributed by atoms with Crippen LogP contribution in [0.5, 0.6) is 0 Å². The van der Waals surface area contributed by atoms with Gasteiger partial charge in [-0.25, -0.2) is 14.2 Å². The van der Waals surface area contributed by atoms with Gasteiger partial charge in [-0.2, -0.15) is 10.2 Å². The van der Waals surface area contributed by atoms with Gasteiger partial charge in [0.25, 0.3) is 0 Å². The fourth-order valence-corrected chi connectivity index (χ4v) is 5.45. The van der Waals surface area contributed by atoms with E-state index in [4.69, 9.17) is 4.74 Å². The number of hydrogen-bond donors (Lipinski definition) is 3. The number of fused-ring (bicyclic) bond motifs is 2. The largest absolute Gasteiger partial charge is 0.444 e. The number of anilines is 2. The highest BCUT2D eigenvalue weighted by atomic mass is 19.1. The van der Waals surface area contributed by atoms with Gasteiger partial charge in [-0.1, -0.05) is 24.6 Å². The number of benzene rings is 1. The van der Waals surface area contributed by atoms with E-state index in [1.807, 2.05) is 20.8 Å². The van der Waals surface area contributed by atoms with Crippen molar-refractivity contribution in [1.82, 2.24) is 15.3 Å². The molecule has 1 aromatic heterocycles. The molecule has 0 radical (unpaired) electrons. The second-order valence-corrected chi connectivity index (χ2v) is 10.9. The number of amides is 1. The van der Waals surface area contributed by atoms with Crippen LogP contribution < -0.4 is 16.0 Å². The van der Waals surface area contributed by atoms with Crippen molar-refractivity contribution in [3.8, 4) is 6.07 Å². The highest BCUT2D eigenvalue weighted by Crippen LogP contribution is 2.43. The molecular weight excluding hydrogens is 459 g/mol. The Hall–Kier alpha value is -3.41. The maximum absolute atomic E-state index is 13.9. The number of carbonyl (C=O) groups excluding carboxylic acids is 1. The highest BCUT2D eigenvalue weighted by Gasteiger charge is 2.41. The van der Waals surface area contributed by atoms with Crippen molar-refractivity contribution < 1.29 is 13.9 Å². The van der Waals surface area contributed by atoms with Gasteiger partial charge in [0.05, 0.1) is 6.20 Å². The molecule has 0 aliphatic heterocycles. The molecule has 2 aliphatic rings. The Bertz CT molecular complexity index is 1100. The van der Waals surface area contributed by atoms with Crippen molar-refractivity contribution in [2.24, 2.45) is 17.8 Å². The average molecular weight is 495 g/mol. The Balaban J connectivity index is 1.35. The van der Waals surface area contributed by atoms with Gasteiger partial charge in [0.15, 0.2) is 0 Å². The van der Waals surface area contributed by atoms with Gasteiger partial charge in [0.2, 0.25) is 5.95 Å². The Kier molecular flexibility index (Phi) is 7.92. The Morgan fingerprint density at radius 3 is 2.58 bits per heavy atom. The topological polar surface area (TPSA) is 112 Å². The molecular formula is C27H35FN6O2. The van der Waals surface area contributed by atoms with Crippen LogP contribution in [0.2, 0.25) is 0 Å². The van der Waals surface area contributed by atoms with Crippen molar-refractivity contribution in [3.63, 3.8) is 0 Å². The maximum Gasteiger partial charge on any atom is 0.407 e. The Morgan fingerprint density at radius 1 is 1.19 bits per heavy atom. The SMILES string of the molecule is CC(C)(C)OC(=O)N[C@@H]1[C@@H]2CCC[C@H]1CC(CNc1nc(NCc3ccccc3F)ncc1C#N)C2. The molecule has 1 amide bonds. The minimum atomic E-state index is -0.515. The van der Waals surface area contributed by atoms with Crippen molar-refractivity contribution in [1.29, 1.82) is 5.26 Å². The van der Waals surface area contributed by atoms with Crippen LogP contribution in [0.4, 0.5) is 21.0 Å². The first kappa shape index (κ1) is 25.7. The number of alkyl carbamates (subject to hydrolysis) is 1. The minimum absolute atomic E-state index is 0.146. The summed E-state index contributed by atoms with van der Waals surface area (Å²) in [6, 6.07) is 8.83. The predicted octanol–water partition coefficient (Wildman–Crippen LogP) is 5.23. The molecule has 3 N–H and O–H groups in total. The molecule has 2 saturated carbocycles. The number of carbonyl (C=O) groups is 1. The van der Waals surface area contributed by atoms with Gasteiger partial charge in [0, 0.05) is 24.7 Å². The number of nitrogens with one attached hydrogen (secondary N) is 3. The van der Waals surface area contributed by atoms with E-state index in [1.54, 1.807) is 18.2 Å². The summed E-state index contributed by atoms with van der Waals surface area (Å²) in [4.78, 5) is 21.1. The van der Waals surface area contributed by atoms with Crippen molar-refractivity contribution >= 4 is 17.9 Å². The predicted molar refractivity (Wildman–Crippen MR) is 136 cm³/mol. The van der Waals surface area contributed by atoms with Crippen LogP contribution in [-0.2, 0) is 11.3 Å². The Labute approximate surface area is 212 Å². The smallest absolute Gasteiger partial charge is 0.407 e. The molecule has 1 unspecified atom stereocenters. The van der Waals surface area contributed by atoms with Crippen LogP contribution in [0.25, 0.3) is 0 Å². The molecule has 2 bridgehead atoms. The van der Waals surface area contributed by atoms with E-state index in [9.17, 15) is 14.4 Å². The van der Waals surface area contributed by atoms with E-state index >= 15 is 0 Å². The molecule has 192 valence electrons. The van der Waals surface area contributed by atoms with E-state index in [0.717, 1.165) is 25.7 Å². The number of hydrogen-bond acceptors (Lipinski definition) is 7. The fourth-order valence-electron chi connectivity index (χ4n) is 5.45. The summed E-state index contributed by atoms with van der Waals surface area (Å²) in [5.74, 6) is 1.75. The monoisotopic (exact) mass is 494 g/mol. The molecule has 36 heavy (non-hydrogen) atoms. The third kappa shape index (κ3) is 6.62. The van der Waals surface area contributed by atoms with Gasteiger partial charge in [0.1, 0.15) is 28.9 Å². The van der Waals surface area contributed by atoms with Crippen LogP contribution in [0.15, 0.2) is 30.5 Å². The number of nitriles is 1. The molecule has 4 atom stereocenters. The summed E-state index contributed by atoms with van der Waals surface area (Å²) >= 11 is 0. The summed E-state index contributed by atoms with van der Waals surface area (Å²) in [5, 5.41) is 19.1. The molecule has 0 saturated heterocycles. The summed E-state index contributed by atoms with van der Waals surface area (Å²) in [7, 11) is 0. The van der Waals surface area contributed by atoms with Gasteiger partial charge >= 0.3 is 6.09 Å². The van der Waals surface area contributed by atoms with E-state index in [0.29, 0.717) is 47.2 Å². The fraction of sp³-hybridized carbons (Fsp3) is 0.556. The highest BCUT2D eigenvalue weighted by molar-refractivity contribution is 5.68. The molecule has 2 fully saturated rings. The number of nitrogens with zero attached hydrogens (tertiary/aromatic N) is 3. The van der Waals surface area contributed by atoms with Gasteiger partial charge in [-0.15, -0.1) is 0 Å². The van der Waals surface area contributed by atoms with Crippen molar-refractivity contribution in [2.45, 2.75) is 71.1 Å². The normalized spacial score (nSPS) is 23.3. The molecule has 2 aliphatic carbocycles. The van der Waals surface area contributed by atoms with Crippen molar-refractivity contribution in [2.75, 3.05) is 17.2 Å². The van der Waals surface area contributed by atoms with Crippen LogP contribution in [0, 0.1) is 34.9 Å². The minimum Gasteiger partial charge on any atom is -0.444 e. The maximum atomic E-state index is 13.9. The van der Waals surface area contributed by atoms with Gasteiger partial charge in [-0.3, -0.25) is 0 Å². The lowest BCUT2D eigenvalue weighted by Crippen LogP contribution is -2.52. The standard InChI is InChI=1S/C27H35FN6O2/c1-27(2,3)36-26(35)33-23-18-8-6-9-19(23)12-17(11-18)14-30-24-21(13-29)16-32-25(34-24)31-15-20-7-4-5-10-22(20)28/h4-5,7,10,16-19,23H,6,8-9,11-12,14-15H2,1-3H3,(H,33,35)(H2,30,31,32,34)/t17?,18-,19+,23-. The number of ether oxygens (including phenoxy) is 1. The van der Waals surface area contributed by atoms with E-state index < -0.39 is 5.60 Å². The van der Waals surface area contributed by atoms with Crippen LogP contribution in [0.3, 0.4) is 0 Å². The van der Waals surface area contributed by atoms with E-state index in [-0.39, 0.29) is 24.5 Å².